The molecule has 5 nitrogen and oxygen atoms in total. The Kier molecular flexibility index (Phi) is 3.22. The lowest BCUT2D eigenvalue weighted by atomic mass is 10.1. The third kappa shape index (κ3) is 2.52. The normalized spacial score (nSPS) is 15.4. The molecule has 0 radical (unpaired) electrons. The number of ether oxygens (including phenoxy) is 1. The number of rotatable bonds is 5. The average molecular weight is 282 g/mol. The van der Waals surface area contributed by atoms with Crippen LogP contribution in [0.3, 0.4) is 0 Å². The monoisotopic (exact) mass is 282 g/mol. The van der Waals surface area contributed by atoms with Crippen LogP contribution in [-0.2, 0) is 0 Å². The summed E-state index contributed by atoms with van der Waals surface area (Å²) in [6.45, 7) is 0.362. The largest absolute Gasteiger partial charge is 0.490 e. The maximum atomic E-state index is 11.5. The standard InChI is InChI=1S/C16H14N2O3/c17-8-7-16(5-6-16)10-21-13-9-18-12-4-2-1-3-11(12)14(13)15(19)20/h1-4,9H,5-7,10H2,(H,19,20). The molecule has 1 saturated carbocycles. The van der Waals surface area contributed by atoms with Crippen LogP contribution in [0.2, 0.25) is 0 Å². The third-order valence-electron chi connectivity index (χ3n) is 3.90. The molecule has 0 spiro atoms. The molecule has 0 atom stereocenters. The highest BCUT2D eigenvalue weighted by atomic mass is 16.5. The lowest BCUT2D eigenvalue weighted by molar-refractivity contribution is 0.0693. The summed E-state index contributed by atoms with van der Waals surface area (Å²) >= 11 is 0. The second-order valence-electron chi connectivity index (χ2n) is 5.44. The van der Waals surface area contributed by atoms with Gasteiger partial charge in [-0.25, -0.2) is 4.79 Å². The number of aromatic carboxylic acids is 1. The van der Waals surface area contributed by atoms with E-state index >= 15 is 0 Å². The second-order valence-corrected chi connectivity index (χ2v) is 5.44. The molecule has 0 bridgehead atoms. The molecule has 0 unspecified atom stereocenters. The van der Waals surface area contributed by atoms with Gasteiger partial charge in [0.2, 0.25) is 0 Å². The average Bonchev–Trinajstić information content (AvgIpc) is 3.24. The van der Waals surface area contributed by atoms with Gasteiger partial charge in [-0.3, -0.25) is 4.98 Å². The molecule has 21 heavy (non-hydrogen) atoms. The van der Waals surface area contributed by atoms with Crippen molar-refractivity contribution in [3.8, 4) is 11.8 Å². The SMILES string of the molecule is N#CCC1(COc2cnc3ccccc3c2C(=O)O)CC1. The van der Waals surface area contributed by atoms with Crippen LogP contribution in [0, 0.1) is 16.7 Å². The summed E-state index contributed by atoms with van der Waals surface area (Å²) in [6, 6.07) is 9.24. The van der Waals surface area contributed by atoms with Gasteiger partial charge in [0, 0.05) is 17.2 Å². The van der Waals surface area contributed by atoms with Crippen LogP contribution < -0.4 is 4.74 Å². The Morgan fingerprint density at radius 3 is 2.86 bits per heavy atom. The lowest BCUT2D eigenvalue weighted by Crippen LogP contribution is -2.14. The molecule has 5 heteroatoms. The van der Waals surface area contributed by atoms with E-state index in [-0.39, 0.29) is 16.7 Å². The van der Waals surface area contributed by atoms with Gasteiger partial charge in [0.15, 0.2) is 5.75 Å². The molecule has 0 saturated heterocycles. The van der Waals surface area contributed by atoms with E-state index in [4.69, 9.17) is 10.00 Å². The zero-order valence-corrected chi connectivity index (χ0v) is 11.4. The summed E-state index contributed by atoms with van der Waals surface area (Å²) in [6.07, 6.45) is 3.79. The summed E-state index contributed by atoms with van der Waals surface area (Å²) in [5.74, 6) is -0.765. The van der Waals surface area contributed by atoms with E-state index in [1.54, 1.807) is 18.2 Å². The summed E-state index contributed by atoms with van der Waals surface area (Å²) in [4.78, 5) is 15.8. The number of pyridine rings is 1. The fraction of sp³-hybridized carbons (Fsp3) is 0.312. The summed E-state index contributed by atoms with van der Waals surface area (Å²) in [5.41, 5.74) is 0.657. The first-order chi connectivity index (χ1) is 10.2. The highest BCUT2D eigenvalue weighted by Crippen LogP contribution is 2.48. The molecule has 1 aromatic heterocycles. The van der Waals surface area contributed by atoms with Crippen molar-refractivity contribution in [3.63, 3.8) is 0 Å². The molecular weight excluding hydrogens is 268 g/mol. The van der Waals surface area contributed by atoms with E-state index in [9.17, 15) is 9.90 Å². The molecule has 1 aromatic carbocycles. The van der Waals surface area contributed by atoms with Crippen molar-refractivity contribution in [3.05, 3.63) is 36.0 Å². The van der Waals surface area contributed by atoms with Crippen molar-refractivity contribution in [2.45, 2.75) is 19.3 Å². The van der Waals surface area contributed by atoms with Gasteiger partial charge in [0.1, 0.15) is 5.56 Å². The first-order valence-electron chi connectivity index (χ1n) is 6.76. The van der Waals surface area contributed by atoms with Crippen LogP contribution in [0.15, 0.2) is 30.5 Å². The van der Waals surface area contributed by atoms with E-state index in [0.29, 0.717) is 23.9 Å². The van der Waals surface area contributed by atoms with E-state index in [0.717, 1.165) is 12.8 Å². The predicted octanol–water partition coefficient (Wildman–Crippen LogP) is 3.01. The number of nitrogens with zero attached hydrogens (tertiary/aromatic N) is 2. The van der Waals surface area contributed by atoms with Gasteiger partial charge in [-0.2, -0.15) is 5.26 Å². The second kappa shape index (κ2) is 5.06. The van der Waals surface area contributed by atoms with Gasteiger partial charge in [0.05, 0.1) is 24.4 Å². The molecule has 1 heterocycles. The van der Waals surface area contributed by atoms with Gasteiger partial charge in [-0.1, -0.05) is 18.2 Å². The predicted molar refractivity (Wildman–Crippen MR) is 76.1 cm³/mol. The van der Waals surface area contributed by atoms with Crippen molar-refractivity contribution in [1.82, 2.24) is 4.98 Å². The van der Waals surface area contributed by atoms with Crippen LogP contribution in [0.5, 0.6) is 5.75 Å². The van der Waals surface area contributed by atoms with E-state index in [2.05, 4.69) is 11.1 Å². The number of carboxylic acid groups (broad SMARTS) is 1. The maximum Gasteiger partial charge on any atom is 0.340 e. The molecular formula is C16H14N2O3. The Morgan fingerprint density at radius 1 is 1.43 bits per heavy atom. The minimum Gasteiger partial charge on any atom is -0.490 e. The number of carboxylic acids is 1. The molecule has 0 aliphatic heterocycles. The zero-order chi connectivity index (χ0) is 14.9. The van der Waals surface area contributed by atoms with Crippen molar-refractivity contribution >= 4 is 16.9 Å². The lowest BCUT2D eigenvalue weighted by Gasteiger charge is -2.15. The maximum absolute atomic E-state index is 11.5. The number of nitriles is 1. The molecule has 0 amide bonds. The topological polar surface area (TPSA) is 83.2 Å². The fourth-order valence-corrected chi connectivity index (χ4v) is 2.40. The van der Waals surface area contributed by atoms with Gasteiger partial charge in [0.25, 0.3) is 0 Å². The molecule has 1 fully saturated rings. The summed E-state index contributed by atoms with van der Waals surface area (Å²) in [5, 5.41) is 18.8. The number of fused-ring (bicyclic) bond motifs is 1. The van der Waals surface area contributed by atoms with Crippen molar-refractivity contribution < 1.29 is 14.6 Å². The number of hydrogen-bond acceptors (Lipinski definition) is 4. The number of hydrogen-bond donors (Lipinski definition) is 1. The Bertz CT molecular complexity index is 745. The Hall–Kier alpha value is -2.61. The Balaban J connectivity index is 1.93. The Labute approximate surface area is 121 Å². The quantitative estimate of drug-likeness (QED) is 0.911. The first-order valence-corrected chi connectivity index (χ1v) is 6.76. The number of benzene rings is 1. The zero-order valence-electron chi connectivity index (χ0n) is 11.4. The number of carbonyl (C=O) groups is 1. The van der Waals surface area contributed by atoms with Gasteiger partial charge >= 0.3 is 5.97 Å². The summed E-state index contributed by atoms with van der Waals surface area (Å²) < 4.78 is 5.69. The molecule has 3 rings (SSSR count). The van der Waals surface area contributed by atoms with Gasteiger partial charge in [-0.15, -0.1) is 0 Å². The van der Waals surface area contributed by atoms with Crippen molar-refractivity contribution in [2.75, 3.05) is 6.61 Å². The molecule has 1 aliphatic rings. The van der Waals surface area contributed by atoms with Crippen LogP contribution in [0.4, 0.5) is 0 Å². The number of aromatic nitrogens is 1. The number of para-hydroxylation sites is 1. The van der Waals surface area contributed by atoms with Crippen LogP contribution in [0.1, 0.15) is 29.6 Å². The fourth-order valence-electron chi connectivity index (χ4n) is 2.40. The molecule has 2 aromatic rings. The highest BCUT2D eigenvalue weighted by molar-refractivity contribution is 6.04. The Morgan fingerprint density at radius 2 is 2.19 bits per heavy atom. The minimum absolute atomic E-state index is 0.101. The van der Waals surface area contributed by atoms with E-state index in [1.807, 2.05) is 6.07 Å². The first kappa shape index (κ1) is 13.4. The third-order valence-corrected chi connectivity index (χ3v) is 3.90. The summed E-state index contributed by atoms with van der Waals surface area (Å²) in [7, 11) is 0. The highest BCUT2D eigenvalue weighted by Gasteiger charge is 2.43. The van der Waals surface area contributed by atoms with Crippen molar-refractivity contribution in [2.24, 2.45) is 5.41 Å². The minimum atomic E-state index is -1.03. The van der Waals surface area contributed by atoms with E-state index < -0.39 is 5.97 Å². The molecule has 1 N–H and O–H groups in total. The van der Waals surface area contributed by atoms with Crippen molar-refractivity contribution in [1.29, 1.82) is 5.26 Å². The molecule has 106 valence electrons. The van der Waals surface area contributed by atoms with Gasteiger partial charge < -0.3 is 9.84 Å². The van der Waals surface area contributed by atoms with Crippen LogP contribution in [-0.4, -0.2) is 22.7 Å². The molecule has 1 aliphatic carbocycles. The van der Waals surface area contributed by atoms with E-state index in [1.165, 1.54) is 6.20 Å². The van der Waals surface area contributed by atoms with Crippen LogP contribution in [0.25, 0.3) is 10.9 Å². The van der Waals surface area contributed by atoms with Crippen LogP contribution >= 0.6 is 0 Å². The van der Waals surface area contributed by atoms with Gasteiger partial charge in [-0.05, 0) is 18.9 Å². The smallest absolute Gasteiger partial charge is 0.340 e.